The van der Waals surface area contributed by atoms with Crippen LogP contribution in [0.3, 0.4) is 0 Å². The van der Waals surface area contributed by atoms with Gasteiger partial charge < -0.3 is 0 Å². The number of aldehydes is 1. The lowest BCUT2D eigenvalue weighted by molar-refractivity contribution is 0.111. The third-order valence-electron chi connectivity index (χ3n) is 2.82. The summed E-state index contributed by atoms with van der Waals surface area (Å²) in [6, 6.07) is 4.09. The minimum absolute atomic E-state index is 0.465. The van der Waals surface area contributed by atoms with Crippen molar-refractivity contribution >= 4 is 17.6 Å². The van der Waals surface area contributed by atoms with E-state index < -0.39 is 0 Å². The van der Waals surface area contributed by atoms with Crippen LogP contribution in [0.25, 0.3) is 0 Å². The molecule has 0 radical (unpaired) electrons. The predicted octanol–water partition coefficient (Wildman–Crippen LogP) is 2.79. The number of carbonyl (C=O) groups is 1. The molecule has 0 aromatic carbocycles. The molecule has 5 heteroatoms. The highest BCUT2D eigenvalue weighted by Crippen LogP contribution is 2.17. The van der Waals surface area contributed by atoms with Gasteiger partial charge >= 0.3 is 0 Å². The second-order valence-electron chi connectivity index (χ2n) is 4.70. The zero-order chi connectivity index (χ0) is 13.0. The van der Waals surface area contributed by atoms with E-state index in [0.29, 0.717) is 11.6 Å². The van der Waals surface area contributed by atoms with Crippen LogP contribution in [-0.4, -0.2) is 21.3 Å². The quantitative estimate of drug-likeness (QED) is 0.753. The predicted molar refractivity (Wildman–Crippen MR) is 72.0 cm³/mol. The Morgan fingerprint density at radius 3 is 2.94 bits per heavy atom. The van der Waals surface area contributed by atoms with Crippen molar-refractivity contribution in [2.24, 2.45) is 5.92 Å². The Bertz CT molecular complexity index is 502. The molecular weight excluding hydrogens is 246 g/mol. The number of rotatable bonds is 6. The Hall–Kier alpha value is -1.49. The number of aromatic nitrogens is 3. The smallest absolute Gasteiger partial charge is 0.172 e. The van der Waals surface area contributed by atoms with E-state index in [1.807, 2.05) is 16.1 Å². The van der Waals surface area contributed by atoms with Crippen LogP contribution in [0.1, 0.15) is 41.3 Å². The van der Waals surface area contributed by atoms with Gasteiger partial charge in [0.15, 0.2) is 6.29 Å². The fraction of sp³-hybridized carbons (Fsp3) is 0.462. The topological polar surface area (TPSA) is 47.8 Å². The van der Waals surface area contributed by atoms with Crippen molar-refractivity contribution in [1.29, 1.82) is 0 Å². The lowest BCUT2D eigenvalue weighted by Gasteiger charge is -2.07. The Morgan fingerprint density at radius 1 is 1.50 bits per heavy atom. The molecule has 0 saturated heterocycles. The van der Waals surface area contributed by atoms with Gasteiger partial charge in [-0.05, 0) is 23.8 Å². The van der Waals surface area contributed by atoms with E-state index in [2.05, 4.69) is 30.2 Å². The van der Waals surface area contributed by atoms with Crippen molar-refractivity contribution in [2.75, 3.05) is 0 Å². The maximum Gasteiger partial charge on any atom is 0.172 e. The number of thiophene rings is 1. The average molecular weight is 263 g/mol. The lowest BCUT2D eigenvalue weighted by atomic mass is 10.1. The largest absolute Gasteiger partial charge is 0.296 e. The standard InChI is InChI=1S/C13H17N3OS/c1-10(2)5-6-16-13(12(9-17)14-15-16)8-11-4-3-7-18-11/h3-4,7,9-10H,5-6,8H2,1-2H3. The molecule has 2 rings (SSSR count). The van der Waals surface area contributed by atoms with Gasteiger partial charge in [0.1, 0.15) is 5.69 Å². The molecule has 96 valence electrons. The van der Waals surface area contributed by atoms with Crippen LogP contribution >= 0.6 is 11.3 Å². The molecule has 0 aliphatic heterocycles. The van der Waals surface area contributed by atoms with Crippen LogP contribution in [0.5, 0.6) is 0 Å². The average Bonchev–Trinajstić information content (AvgIpc) is 2.97. The normalized spacial score (nSPS) is 11.1. The lowest BCUT2D eigenvalue weighted by Crippen LogP contribution is -2.08. The fourth-order valence-electron chi connectivity index (χ4n) is 1.76. The van der Waals surface area contributed by atoms with E-state index >= 15 is 0 Å². The van der Waals surface area contributed by atoms with E-state index in [9.17, 15) is 4.79 Å². The minimum Gasteiger partial charge on any atom is -0.296 e. The van der Waals surface area contributed by atoms with Gasteiger partial charge in [-0.2, -0.15) is 0 Å². The third kappa shape index (κ3) is 3.04. The van der Waals surface area contributed by atoms with Crippen LogP contribution < -0.4 is 0 Å². The summed E-state index contributed by atoms with van der Waals surface area (Å²) in [6.45, 7) is 5.17. The van der Waals surface area contributed by atoms with Gasteiger partial charge in [-0.1, -0.05) is 25.1 Å². The molecule has 0 amide bonds. The van der Waals surface area contributed by atoms with E-state index in [0.717, 1.165) is 31.4 Å². The first-order valence-corrected chi connectivity index (χ1v) is 6.98. The van der Waals surface area contributed by atoms with Gasteiger partial charge in [-0.25, -0.2) is 4.68 Å². The zero-order valence-electron chi connectivity index (χ0n) is 10.7. The highest BCUT2D eigenvalue weighted by Gasteiger charge is 2.13. The van der Waals surface area contributed by atoms with Gasteiger partial charge in [0.2, 0.25) is 0 Å². The fourth-order valence-corrected chi connectivity index (χ4v) is 2.47. The van der Waals surface area contributed by atoms with Crippen LogP contribution in [0, 0.1) is 5.92 Å². The SMILES string of the molecule is CC(C)CCn1nnc(C=O)c1Cc1cccs1. The minimum atomic E-state index is 0.465. The van der Waals surface area contributed by atoms with Crippen molar-refractivity contribution in [1.82, 2.24) is 15.0 Å². The van der Waals surface area contributed by atoms with Gasteiger partial charge in [0.05, 0.1) is 5.69 Å². The summed E-state index contributed by atoms with van der Waals surface area (Å²) in [5.74, 6) is 0.614. The number of hydrogen-bond acceptors (Lipinski definition) is 4. The summed E-state index contributed by atoms with van der Waals surface area (Å²) < 4.78 is 1.86. The molecule has 0 spiro atoms. The Kier molecular flexibility index (Phi) is 4.25. The number of hydrogen-bond donors (Lipinski definition) is 0. The molecule has 0 aliphatic carbocycles. The Balaban J connectivity index is 2.19. The van der Waals surface area contributed by atoms with Gasteiger partial charge in [0.25, 0.3) is 0 Å². The number of nitrogens with zero attached hydrogens (tertiary/aromatic N) is 3. The first-order valence-electron chi connectivity index (χ1n) is 6.10. The maximum atomic E-state index is 11.0. The van der Waals surface area contributed by atoms with Crippen molar-refractivity contribution in [3.05, 3.63) is 33.8 Å². The van der Waals surface area contributed by atoms with Crippen molar-refractivity contribution < 1.29 is 4.79 Å². The molecule has 0 aliphatic rings. The number of carbonyl (C=O) groups excluding carboxylic acids is 1. The maximum absolute atomic E-state index is 11.0. The van der Waals surface area contributed by atoms with Gasteiger partial charge in [0, 0.05) is 17.8 Å². The second kappa shape index (κ2) is 5.91. The highest BCUT2D eigenvalue weighted by atomic mass is 32.1. The van der Waals surface area contributed by atoms with Gasteiger partial charge in [-0.15, -0.1) is 16.4 Å². The molecule has 0 N–H and O–H groups in total. The molecule has 0 fully saturated rings. The van der Waals surface area contributed by atoms with Crippen LogP contribution in [-0.2, 0) is 13.0 Å². The molecule has 0 atom stereocenters. The number of aryl methyl sites for hydroxylation is 1. The summed E-state index contributed by atoms with van der Waals surface area (Å²) in [6.07, 6.45) is 2.57. The summed E-state index contributed by atoms with van der Waals surface area (Å²) in [5, 5.41) is 10.1. The molecule has 18 heavy (non-hydrogen) atoms. The summed E-state index contributed by atoms with van der Waals surface area (Å²) in [5.41, 5.74) is 1.39. The van der Waals surface area contributed by atoms with Crippen molar-refractivity contribution in [3.63, 3.8) is 0 Å². The highest BCUT2D eigenvalue weighted by molar-refractivity contribution is 7.09. The third-order valence-corrected chi connectivity index (χ3v) is 3.70. The van der Waals surface area contributed by atoms with E-state index in [1.165, 1.54) is 4.88 Å². The zero-order valence-corrected chi connectivity index (χ0v) is 11.5. The first-order chi connectivity index (χ1) is 8.70. The molecule has 0 saturated carbocycles. The molecule has 0 bridgehead atoms. The summed E-state index contributed by atoms with van der Waals surface area (Å²) in [7, 11) is 0. The van der Waals surface area contributed by atoms with Crippen molar-refractivity contribution in [3.8, 4) is 0 Å². The van der Waals surface area contributed by atoms with Crippen molar-refractivity contribution in [2.45, 2.75) is 33.2 Å². The Labute approximate surface area is 111 Å². The van der Waals surface area contributed by atoms with E-state index in [-0.39, 0.29) is 0 Å². The summed E-state index contributed by atoms with van der Waals surface area (Å²) in [4.78, 5) is 12.2. The Morgan fingerprint density at radius 2 is 2.33 bits per heavy atom. The van der Waals surface area contributed by atoms with E-state index in [4.69, 9.17) is 0 Å². The monoisotopic (exact) mass is 263 g/mol. The molecule has 2 aromatic rings. The molecule has 4 nitrogen and oxygen atoms in total. The molecule has 0 unspecified atom stereocenters. The van der Waals surface area contributed by atoms with Crippen LogP contribution in [0.2, 0.25) is 0 Å². The summed E-state index contributed by atoms with van der Waals surface area (Å²) >= 11 is 1.69. The first kappa shape index (κ1) is 13.0. The second-order valence-corrected chi connectivity index (χ2v) is 5.73. The van der Waals surface area contributed by atoms with E-state index in [1.54, 1.807) is 11.3 Å². The van der Waals surface area contributed by atoms with Crippen LogP contribution in [0.4, 0.5) is 0 Å². The van der Waals surface area contributed by atoms with Crippen LogP contribution in [0.15, 0.2) is 17.5 Å². The molecular formula is C13H17N3OS. The van der Waals surface area contributed by atoms with Gasteiger partial charge in [-0.3, -0.25) is 4.79 Å². The molecule has 2 aromatic heterocycles. The molecule has 2 heterocycles.